The minimum atomic E-state index is -3.17. The summed E-state index contributed by atoms with van der Waals surface area (Å²) in [7, 11) is -3.17. The number of hydrogen-bond donors (Lipinski definition) is 0. The van der Waals surface area contributed by atoms with E-state index in [1.54, 1.807) is 60.9 Å². The first-order valence-electron chi connectivity index (χ1n) is 8.84. The van der Waals surface area contributed by atoms with Crippen LogP contribution in [0.1, 0.15) is 21.6 Å². The molecule has 0 saturated heterocycles. The van der Waals surface area contributed by atoms with Crippen LogP contribution in [0.3, 0.4) is 0 Å². The number of nitrogens with zero attached hydrogens (tertiary/aromatic N) is 3. The molecule has 0 aliphatic rings. The molecule has 4 aromatic rings. The van der Waals surface area contributed by atoms with Gasteiger partial charge in [-0.25, -0.2) is 13.4 Å². The number of ketones is 1. The predicted octanol–water partition coefficient (Wildman–Crippen LogP) is 3.25. The predicted molar refractivity (Wildman–Crippen MR) is 108 cm³/mol. The summed E-state index contributed by atoms with van der Waals surface area (Å²) >= 11 is 0. The van der Waals surface area contributed by atoms with Crippen LogP contribution in [0.4, 0.5) is 0 Å². The highest BCUT2D eigenvalue weighted by Gasteiger charge is 2.13. The molecule has 0 spiro atoms. The molecule has 7 nitrogen and oxygen atoms in total. The Morgan fingerprint density at radius 2 is 1.90 bits per heavy atom. The van der Waals surface area contributed by atoms with Gasteiger partial charge in [0.15, 0.2) is 26.9 Å². The van der Waals surface area contributed by atoms with Crippen molar-refractivity contribution in [3.63, 3.8) is 0 Å². The highest BCUT2D eigenvalue weighted by atomic mass is 32.2. The molecule has 0 atom stereocenters. The number of rotatable bonds is 6. The molecule has 0 fully saturated rings. The van der Waals surface area contributed by atoms with Crippen molar-refractivity contribution in [3.05, 3.63) is 77.7 Å². The average Bonchev–Trinajstić information content (AvgIpc) is 3.11. The van der Waals surface area contributed by atoms with Gasteiger partial charge < -0.3 is 4.42 Å². The van der Waals surface area contributed by atoms with Crippen molar-refractivity contribution >= 4 is 26.9 Å². The summed E-state index contributed by atoms with van der Waals surface area (Å²) in [6, 6.07) is 13.7. The van der Waals surface area contributed by atoms with Crippen molar-refractivity contribution in [2.45, 2.75) is 12.2 Å². The van der Waals surface area contributed by atoms with Gasteiger partial charge in [0.25, 0.3) is 0 Å². The third kappa shape index (κ3) is 4.55. The summed E-state index contributed by atoms with van der Waals surface area (Å²) in [5, 5.41) is 0. The van der Waals surface area contributed by atoms with Crippen molar-refractivity contribution in [1.29, 1.82) is 0 Å². The molecule has 3 heterocycles. The molecule has 0 N–H and O–H groups in total. The molecule has 0 saturated carbocycles. The molecular formula is C21H17N3O4S. The second-order valence-corrected chi connectivity index (χ2v) is 8.89. The second-order valence-electron chi connectivity index (χ2n) is 6.75. The summed E-state index contributed by atoms with van der Waals surface area (Å²) in [6.07, 6.45) is 4.48. The zero-order valence-electron chi connectivity index (χ0n) is 15.6. The van der Waals surface area contributed by atoms with Crippen LogP contribution in [0, 0.1) is 0 Å². The molecule has 0 aliphatic heterocycles. The van der Waals surface area contributed by atoms with Crippen LogP contribution < -0.4 is 0 Å². The Morgan fingerprint density at radius 1 is 1.03 bits per heavy atom. The van der Waals surface area contributed by atoms with E-state index in [0.717, 1.165) is 0 Å². The van der Waals surface area contributed by atoms with Gasteiger partial charge in [0.05, 0.1) is 12.2 Å². The molecular weight excluding hydrogens is 390 g/mol. The molecule has 0 amide bonds. The Kier molecular flexibility index (Phi) is 4.94. The molecule has 8 heteroatoms. The quantitative estimate of drug-likeness (QED) is 0.452. The van der Waals surface area contributed by atoms with E-state index in [9.17, 15) is 13.2 Å². The summed E-state index contributed by atoms with van der Waals surface area (Å²) in [5.41, 5.74) is 3.39. The number of carbonyl (C=O) groups is 1. The fourth-order valence-corrected chi connectivity index (χ4v) is 3.79. The number of carbonyl (C=O) groups excluding carboxylic acids is 1. The van der Waals surface area contributed by atoms with Gasteiger partial charge in [-0.05, 0) is 35.9 Å². The minimum absolute atomic E-state index is 0.0780. The van der Waals surface area contributed by atoms with Crippen LogP contribution in [0.15, 0.2) is 65.3 Å². The van der Waals surface area contributed by atoms with Gasteiger partial charge >= 0.3 is 0 Å². The highest BCUT2D eigenvalue weighted by Crippen LogP contribution is 2.23. The maximum absolute atomic E-state index is 12.7. The van der Waals surface area contributed by atoms with E-state index in [0.29, 0.717) is 39.5 Å². The molecule has 1 aromatic carbocycles. The van der Waals surface area contributed by atoms with E-state index in [1.807, 2.05) is 0 Å². The molecule has 0 aliphatic carbocycles. The van der Waals surface area contributed by atoms with Crippen LogP contribution >= 0.6 is 0 Å². The van der Waals surface area contributed by atoms with Gasteiger partial charge in [0, 0.05) is 35.5 Å². The number of Topliss-reactive ketones (excluding diaryl/α,β-unsaturated/α-hetero) is 1. The maximum atomic E-state index is 12.7. The first-order valence-corrected chi connectivity index (χ1v) is 10.9. The first-order chi connectivity index (χ1) is 13.9. The number of hydrogen-bond acceptors (Lipinski definition) is 7. The summed E-state index contributed by atoms with van der Waals surface area (Å²) in [4.78, 5) is 25.5. The van der Waals surface area contributed by atoms with E-state index in [-0.39, 0.29) is 18.0 Å². The topological polar surface area (TPSA) is 103 Å². The van der Waals surface area contributed by atoms with E-state index in [1.165, 1.54) is 6.26 Å². The summed E-state index contributed by atoms with van der Waals surface area (Å²) in [6.45, 7) is 0. The first kappa shape index (κ1) is 18.9. The third-order valence-electron chi connectivity index (χ3n) is 4.25. The Labute approximate surface area is 167 Å². The Balaban J connectivity index is 1.56. The number of aromatic nitrogens is 3. The number of fused-ring (bicyclic) bond motifs is 1. The Bertz CT molecular complexity index is 1280. The lowest BCUT2D eigenvalue weighted by molar-refractivity contribution is 0.0992. The van der Waals surface area contributed by atoms with Crippen molar-refractivity contribution in [3.8, 4) is 11.5 Å². The van der Waals surface area contributed by atoms with E-state index < -0.39 is 9.84 Å². The number of benzene rings is 1. The fourth-order valence-electron chi connectivity index (χ4n) is 3.00. The van der Waals surface area contributed by atoms with E-state index >= 15 is 0 Å². The van der Waals surface area contributed by atoms with Gasteiger partial charge in [0.1, 0.15) is 0 Å². The Morgan fingerprint density at radius 3 is 2.69 bits per heavy atom. The molecule has 146 valence electrons. The van der Waals surface area contributed by atoms with Crippen LogP contribution in [-0.4, -0.2) is 35.4 Å². The SMILES string of the molecule is CS(=O)(=O)Cc1cccc(C(=O)Cc2cc(-c3nc4ncccc4o3)ccn2)c1. The lowest BCUT2D eigenvalue weighted by atomic mass is 10.0. The maximum Gasteiger partial charge on any atom is 0.229 e. The molecule has 0 unspecified atom stereocenters. The molecule has 0 radical (unpaired) electrons. The standard InChI is InChI=1S/C21H17N3O4S/c1-29(26,27)13-14-4-2-5-15(10-14)18(25)12-17-11-16(7-9-22-17)21-24-20-19(28-21)6-3-8-23-20/h2-11H,12-13H2,1H3. The lowest BCUT2D eigenvalue weighted by Gasteiger charge is -2.05. The fraction of sp³-hybridized carbons (Fsp3) is 0.143. The minimum Gasteiger partial charge on any atom is -0.434 e. The molecule has 4 rings (SSSR count). The van der Waals surface area contributed by atoms with Gasteiger partial charge in [-0.2, -0.15) is 4.98 Å². The van der Waals surface area contributed by atoms with Crippen molar-refractivity contribution in [2.75, 3.05) is 6.26 Å². The number of sulfone groups is 1. The van der Waals surface area contributed by atoms with Crippen LogP contribution in [0.5, 0.6) is 0 Å². The zero-order valence-corrected chi connectivity index (χ0v) is 16.4. The molecule has 0 bridgehead atoms. The monoisotopic (exact) mass is 407 g/mol. The smallest absolute Gasteiger partial charge is 0.229 e. The number of pyridine rings is 2. The highest BCUT2D eigenvalue weighted by molar-refractivity contribution is 7.89. The van der Waals surface area contributed by atoms with Gasteiger partial charge in [0.2, 0.25) is 5.89 Å². The van der Waals surface area contributed by atoms with E-state index in [4.69, 9.17) is 4.42 Å². The third-order valence-corrected chi connectivity index (χ3v) is 5.11. The van der Waals surface area contributed by atoms with E-state index in [2.05, 4.69) is 15.0 Å². The largest absolute Gasteiger partial charge is 0.434 e. The molecule has 29 heavy (non-hydrogen) atoms. The summed E-state index contributed by atoms with van der Waals surface area (Å²) in [5.74, 6) is 0.155. The second kappa shape index (κ2) is 7.56. The lowest BCUT2D eigenvalue weighted by Crippen LogP contribution is -2.07. The van der Waals surface area contributed by atoms with Crippen molar-refractivity contribution in [2.24, 2.45) is 0 Å². The van der Waals surface area contributed by atoms with Crippen LogP contribution in [0.2, 0.25) is 0 Å². The zero-order chi connectivity index (χ0) is 20.4. The number of oxazole rings is 1. The average molecular weight is 407 g/mol. The normalized spacial score (nSPS) is 11.6. The van der Waals surface area contributed by atoms with Gasteiger partial charge in [-0.1, -0.05) is 18.2 Å². The van der Waals surface area contributed by atoms with Crippen LogP contribution in [-0.2, 0) is 22.0 Å². The van der Waals surface area contributed by atoms with Crippen LogP contribution in [0.25, 0.3) is 22.7 Å². The van der Waals surface area contributed by atoms with Crippen molar-refractivity contribution in [1.82, 2.24) is 15.0 Å². The Hall–Kier alpha value is -3.39. The van der Waals surface area contributed by atoms with Crippen molar-refractivity contribution < 1.29 is 17.6 Å². The molecule has 3 aromatic heterocycles. The van der Waals surface area contributed by atoms with Gasteiger partial charge in [-0.15, -0.1) is 0 Å². The summed E-state index contributed by atoms with van der Waals surface area (Å²) < 4.78 is 28.7. The van der Waals surface area contributed by atoms with Gasteiger partial charge in [-0.3, -0.25) is 9.78 Å².